The highest BCUT2D eigenvalue weighted by Gasteiger charge is 2.15. The monoisotopic (exact) mass is 477 g/mol. The van der Waals surface area contributed by atoms with Crippen molar-refractivity contribution < 1.29 is 22.5 Å². The Labute approximate surface area is 135 Å². The molecular formula is C10H8Br3O5S-. The molecule has 0 aromatic heterocycles. The summed E-state index contributed by atoms with van der Waals surface area (Å²) in [4.78, 5) is 11.8. The summed E-state index contributed by atoms with van der Waals surface area (Å²) in [5, 5.41) is 0. The van der Waals surface area contributed by atoms with Gasteiger partial charge in [0.05, 0.1) is 22.3 Å². The molecular weight excluding hydrogens is 472 g/mol. The zero-order chi connectivity index (χ0) is 14.6. The highest BCUT2D eigenvalue weighted by Crippen LogP contribution is 2.31. The molecule has 0 unspecified atom stereocenters. The lowest BCUT2D eigenvalue weighted by Crippen LogP contribution is -2.11. The van der Waals surface area contributed by atoms with Crippen LogP contribution in [-0.2, 0) is 14.9 Å². The van der Waals surface area contributed by atoms with Crippen LogP contribution >= 0.6 is 47.8 Å². The number of rotatable bonds is 5. The van der Waals surface area contributed by atoms with E-state index >= 15 is 0 Å². The Kier molecular flexibility index (Phi) is 6.44. The first-order valence-corrected chi connectivity index (χ1v) is 8.91. The van der Waals surface area contributed by atoms with E-state index in [0.29, 0.717) is 19.0 Å². The summed E-state index contributed by atoms with van der Waals surface area (Å²) >= 11 is 9.75. The first-order chi connectivity index (χ1) is 8.70. The lowest BCUT2D eigenvalue weighted by Gasteiger charge is -2.09. The number of hydrogen-bond acceptors (Lipinski definition) is 5. The molecule has 1 aromatic carbocycles. The third-order valence-electron chi connectivity index (χ3n) is 1.98. The Balaban J connectivity index is 2.64. The second kappa shape index (κ2) is 7.16. The Morgan fingerprint density at radius 3 is 2.47 bits per heavy atom. The van der Waals surface area contributed by atoms with Crippen molar-refractivity contribution >= 4 is 63.9 Å². The molecule has 9 heteroatoms. The van der Waals surface area contributed by atoms with Crippen LogP contribution in [0.2, 0.25) is 0 Å². The van der Waals surface area contributed by atoms with E-state index in [1.54, 1.807) is 12.1 Å². The molecule has 0 aliphatic rings. The second-order valence-electron chi connectivity index (χ2n) is 3.50. The van der Waals surface area contributed by atoms with Crippen LogP contribution in [0.15, 0.2) is 25.6 Å². The van der Waals surface area contributed by atoms with Gasteiger partial charge < -0.3 is 9.29 Å². The highest BCUT2D eigenvalue weighted by atomic mass is 79.9. The van der Waals surface area contributed by atoms with Crippen LogP contribution in [0.5, 0.6) is 0 Å². The van der Waals surface area contributed by atoms with E-state index in [9.17, 15) is 17.8 Å². The number of carbonyl (C=O) groups excluding carboxylic acids is 1. The predicted molar refractivity (Wildman–Crippen MR) is 79.0 cm³/mol. The molecule has 1 aromatic rings. The molecule has 0 fully saturated rings. The number of carbonyl (C=O) groups is 1. The number of ether oxygens (including phenoxy) is 1. The van der Waals surface area contributed by atoms with Gasteiger partial charge >= 0.3 is 5.97 Å². The molecule has 106 valence electrons. The number of esters is 1. The zero-order valence-electron chi connectivity index (χ0n) is 9.36. The maximum atomic E-state index is 11.8. The summed E-state index contributed by atoms with van der Waals surface area (Å²) < 4.78 is 37.9. The van der Waals surface area contributed by atoms with Crippen molar-refractivity contribution in [2.45, 2.75) is 6.42 Å². The first kappa shape index (κ1) is 17.1. The van der Waals surface area contributed by atoms with Gasteiger partial charge in [-0.2, -0.15) is 0 Å². The van der Waals surface area contributed by atoms with Gasteiger partial charge in [0.25, 0.3) is 0 Å². The van der Waals surface area contributed by atoms with Gasteiger partial charge in [0.1, 0.15) is 0 Å². The molecule has 0 N–H and O–H groups in total. The van der Waals surface area contributed by atoms with Crippen molar-refractivity contribution in [2.75, 3.05) is 12.4 Å². The molecule has 0 aliphatic heterocycles. The highest BCUT2D eigenvalue weighted by molar-refractivity contribution is 9.13. The van der Waals surface area contributed by atoms with E-state index < -0.39 is 21.8 Å². The van der Waals surface area contributed by atoms with E-state index in [2.05, 4.69) is 47.8 Å². The van der Waals surface area contributed by atoms with Gasteiger partial charge in [-0.05, 0) is 50.4 Å². The minimum atomic E-state index is -4.27. The van der Waals surface area contributed by atoms with E-state index in [1.165, 1.54) is 0 Å². The average Bonchev–Trinajstić information content (AvgIpc) is 2.27. The van der Waals surface area contributed by atoms with E-state index in [-0.39, 0.29) is 13.0 Å². The normalized spacial score (nSPS) is 11.4. The molecule has 5 nitrogen and oxygen atoms in total. The van der Waals surface area contributed by atoms with Crippen LogP contribution in [0, 0.1) is 0 Å². The maximum absolute atomic E-state index is 11.8. The van der Waals surface area contributed by atoms with Crippen molar-refractivity contribution in [1.29, 1.82) is 0 Å². The Morgan fingerprint density at radius 2 is 1.89 bits per heavy atom. The molecule has 19 heavy (non-hydrogen) atoms. The van der Waals surface area contributed by atoms with Gasteiger partial charge in [0, 0.05) is 19.2 Å². The van der Waals surface area contributed by atoms with Gasteiger partial charge in [-0.25, -0.2) is 13.2 Å². The third-order valence-corrected chi connectivity index (χ3v) is 5.24. The molecule has 0 atom stereocenters. The fourth-order valence-electron chi connectivity index (χ4n) is 1.18. The largest absolute Gasteiger partial charge is 0.748 e. The third kappa shape index (κ3) is 5.90. The molecule has 1 rings (SSSR count). The SMILES string of the molecule is O=C(OCCCS(=O)(=O)[O-])c1cc(Br)cc(Br)c1Br. The van der Waals surface area contributed by atoms with Gasteiger partial charge in [0.2, 0.25) is 0 Å². The van der Waals surface area contributed by atoms with Crippen LogP contribution in [0.1, 0.15) is 16.8 Å². The van der Waals surface area contributed by atoms with Crippen molar-refractivity contribution in [3.8, 4) is 0 Å². The summed E-state index contributed by atoms with van der Waals surface area (Å²) in [6.07, 6.45) is -0.0234. The number of halogens is 3. The average molecular weight is 480 g/mol. The lowest BCUT2D eigenvalue weighted by atomic mass is 10.2. The van der Waals surface area contributed by atoms with Crippen LogP contribution in [-0.4, -0.2) is 31.3 Å². The van der Waals surface area contributed by atoms with Crippen LogP contribution in [0.3, 0.4) is 0 Å². The Hall–Kier alpha value is 0.0400. The van der Waals surface area contributed by atoms with Gasteiger partial charge in [-0.1, -0.05) is 15.9 Å². The van der Waals surface area contributed by atoms with E-state index in [0.717, 1.165) is 0 Å². The summed E-state index contributed by atoms with van der Waals surface area (Å²) in [6, 6.07) is 3.33. The Bertz CT molecular complexity index is 585. The van der Waals surface area contributed by atoms with Crippen molar-refractivity contribution in [1.82, 2.24) is 0 Å². The zero-order valence-corrected chi connectivity index (χ0v) is 14.9. The lowest BCUT2D eigenvalue weighted by molar-refractivity contribution is 0.0504. The molecule has 0 saturated carbocycles. The molecule has 0 amide bonds. The van der Waals surface area contributed by atoms with Crippen LogP contribution < -0.4 is 0 Å². The summed E-state index contributed by atoms with van der Waals surface area (Å²) in [5.74, 6) is -1.15. The molecule has 0 aliphatic carbocycles. The second-order valence-corrected chi connectivity index (χ2v) is 7.59. The van der Waals surface area contributed by atoms with Crippen LogP contribution in [0.25, 0.3) is 0 Å². The molecule has 0 spiro atoms. The standard InChI is InChI=1S/C10H9Br3O5S/c11-6-4-7(9(13)8(12)5-6)10(14)18-2-1-3-19(15,16)17/h4-5H,1-3H2,(H,15,16,17)/p-1. The molecule has 0 saturated heterocycles. The van der Waals surface area contributed by atoms with Crippen molar-refractivity contribution in [2.24, 2.45) is 0 Å². The summed E-state index contributed by atoms with van der Waals surface area (Å²) in [5.41, 5.74) is 0.297. The van der Waals surface area contributed by atoms with E-state index in [1.807, 2.05) is 0 Å². The van der Waals surface area contributed by atoms with Gasteiger partial charge in [-0.15, -0.1) is 0 Å². The molecule has 0 radical (unpaired) electrons. The number of benzene rings is 1. The smallest absolute Gasteiger partial charge is 0.339 e. The molecule has 0 heterocycles. The van der Waals surface area contributed by atoms with Crippen LogP contribution in [0.4, 0.5) is 0 Å². The minimum Gasteiger partial charge on any atom is -0.748 e. The first-order valence-electron chi connectivity index (χ1n) is 4.96. The predicted octanol–water partition coefficient (Wildman–Crippen LogP) is 3.07. The topological polar surface area (TPSA) is 83.5 Å². The summed E-state index contributed by atoms with van der Waals surface area (Å²) in [6.45, 7) is -0.128. The van der Waals surface area contributed by atoms with Crippen molar-refractivity contribution in [3.63, 3.8) is 0 Å². The fraction of sp³-hybridized carbons (Fsp3) is 0.300. The van der Waals surface area contributed by atoms with Gasteiger partial charge in [-0.3, -0.25) is 0 Å². The van der Waals surface area contributed by atoms with Crippen molar-refractivity contribution in [3.05, 3.63) is 31.1 Å². The van der Waals surface area contributed by atoms with E-state index in [4.69, 9.17) is 4.74 Å². The Morgan fingerprint density at radius 1 is 1.26 bits per heavy atom. The summed E-state index contributed by atoms with van der Waals surface area (Å²) in [7, 11) is -4.27. The fourth-order valence-corrected chi connectivity index (χ4v) is 3.27. The molecule has 0 bridgehead atoms. The maximum Gasteiger partial charge on any atom is 0.339 e. The minimum absolute atomic E-state index is 0.0234. The van der Waals surface area contributed by atoms with Gasteiger partial charge in [0.15, 0.2) is 0 Å². The number of hydrogen-bond donors (Lipinski definition) is 0. The quantitative estimate of drug-likeness (QED) is 0.280.